The van der Waals surface area contributed by atoms with E-state index in [1.54, 1.807) is 0 Å². The average Bonchev–Trinajstić information content (AvgIpc) is 3.38. The molecule has 0 saturated carbocycles. The minimum absolute atomic E-state index is 0.994. The molecule has 5 heteroatoms. The third-order valence-electron chi connectivity index (χ3n) is 5.00. The average molecular weight is 403 g/mol. The van der Waals surface area contributed by atoms with Crippen LogP contribution in [0.3, 0.4) is 0 Å². The Morgan fingerprint density at radius 1 is 0.897 bits per heavy atom. The number of imidazole rings is 2. The quantitative estimate of drug-likeness (QED) is 0.267. The van der Waals surface area contributed by atoms with Crippen LogP contribution in [0.1, 0.15) is 25.1 Å². The second-order valence-corrected chi connectivity index (χ2v) is 8.16. The Bertz CT molecular complexity index is 964. The van der Waals surface area contributed by atoms with Crippen LogP contribution < -0.4 is 0 Å². The van der Waals surface area contributed by atoms with Crippen LogP contribution in [0.2, 0.25) is 0 Å². The molecule has 0 atom stereocenters. The van der Waals surface area contributed by atoms with Crippen LogP contribution in [-0.2, 0) is 6.54 Å². The van der Waals surface area contributed by atoms with Crippen molar-refractivity contribution < 1.29 is 0 Å². The predicted molar refractivity (Wildman–Crippen MR) is 121 cm³/mol. The highest BCUT2D eigenvalue weighted by molar-refractivity contribution is 7.99. The summed E-state index contributed by atoms with van der Waals surface area (Å²) in [5, 5.41) is 0.994. The first kappa shape index (κ1) is 19.5. The van der Waals surface area contributed by atoms with Gasteiger partial charge in [-0.3, -0.25) is 0 Å². The number of thioether (sulfide) groups is 1. The number of aryl methyl sites for hydroxylation is 2. The molecule has 0 aliphatic heterocycles. The lowest BCUT2D eigenvalue weighted by molar-refractivity contribution is 0.592. The summed E-state index contributed by atoms with van der Waals surface area (Å²) in [5.74, 6) is 2.16. The van der Waals surface area contributed by atoms with Crippen LogP contribution in [-0.4, -0.2) is 25.3 Å². The zero-order valence-corrected chi connectivity index (χ0v) is 17.5. The van der Waals surface area contributed by atoms with Crippen molar-refractivity contribution >= 4 is 11.8 Å². The van der Waals surface area contributed by atoms with Gasteiger partial charge in [0.1, 0.15) is 5.82 Å². The predicted octanol–water partition coefficient (Wildman–Crippen LogP) is 6.21. The zero-order chi connectivity index (χ0) is 19.9. The first-order valence-corrected chi connectivity index (χ1v) is 11.1. The number of rotatable bonds is 9. The minimum atomic E-state index is 0.994. The topological polar surface area (TPSA) is 46.5 Å². The molecular weight excluding hydrogens is 376 g/mol. The van der Waals surface area contributed by atoms with E-state index < -0.39 is 0 Å². The van der Waals surface area contributed by atoms with E-state index in [1.165, 1.54) is 24.8 Å². The second-order valence-electron chi connectivity index (χ2n) is 7.07. The van der Waals surface area contributed by atoms with Crippen molar-refractivity contribution in [2.24, 2.45) is 0 Å². The number of aromatic nitrogens is 4. The Balaban J connectivity index is 1.38. The molecule has 0 amide bonds. The second kappa shape index (κ2) is 9.61. The number of H-pyrrole nitrogens is 1. The molecule has 0 radical (unpaired) electrons. The molecule has 2 aromatic heterocycles. The van der Waals surface area contributed by atoms with Crippen molar-refractivity contribution in [1.29, 1.82) is 0 Å². The van der Waals surface area contributed by atoms with Gasteiger partial charge in [0.05, 0.1) is 11.4 Å². The van der Waals surface area contributed by atoms with Gasteiger partial charge in [-0.15, -0.1) is 0 Å². The summed E-state index contributed by atoms with van der Waals surface area (Å²) in [6.45, 7) is 3.11. The molecule has 0 fully saturated rings. The zero-order valence-electron chi connectivity index (χ0n) is 16.7. The summed E-state index contributed by atoms with van der Waals surface area (Å²) in [6, 6.07) is 20.9. The highest BCUT2D eigenvalue weighted by Gasteiger charge is 2.14. The minimum Gasteiger partial charge on any atom is -0.335 e. The summed E-state index contributed by atoms with van der Waals surface area (Å²) < 4.78 is 2.22. The number of nitrogens with one attached hydrogen (secondary N) is 1. The van der Waals surface area contributed by atoms with Crippen LogP contribution in [0.25, 0.3) is 22.5 Å². The van der Waals surface area contributed by atoms with Crippen LogP contribution in [0, 0.1) is 6.92 Å². The number of hydrogen-bond donors (Lipinski definition) is 1. The molecule has 4 aromatic rings. The normalized spacial score (nSPS) is 11.1. The largest absolute Gasteiger partial charge is 0.335 e. The highest BCUT2D eigenvalue weighted by atomic mass is 32.2. The van der Waals surface area contributed by atoms with Gasteiger partial charge in [0, 0.05) is 35.8 Å². The van der Waals surface area contributed by atoms with E-state index in [2.05, 4.69) is 76.2 Å². The SMILES string of the molecule is Cc1nccn1CCCCCSc1nc(-c2ccccc2)c(-c2ccccc2)[nH]1. The molecule has 2 heterocycles. The van der Waals surface area contributed by atoms with Gasteiger partial charge in [0.2, 0.25) is 0 Å². The van der Waals surface area contributed by atoms with E-state index in [0.29, 0.717) is 0 Å². The van der Waals surface area contributed by atoms with Crippen molar-refractivity contribution in [2.75, 3.05) is 5.75 Å². The van der Waals surface area contributed by atoms with Gasteiger partial charge in [0.25, 0.3) is 0 Å². The van der Waals surface area contributed by atoms with Crippen molar-refractivity contribution in [3.05, 3.63) is 78.9 Å². The molecular formula is C24H26N4S. The number of aromatic amines is 1. The van der Waals surface area contributed by atoms with Crippen molar-refractivity contribution in [2.45, 2.75) is 37.9 Å². The number of unbranched alkanes of at least 4 members (excludes halogenated alkanes) is 2. The molecule has 0 aliphatic rings. The van der Waals surface area contributed by atoms with E-state index in [-0.39, 0.29) is 0 Å². The highest BCUT2D eigenvalue weighted by Crippen LogP contribution is 2.32. The lowest BCUT2D eigenvalue weighted by Gasteiger charge is -2.04. The smallest absolute Gasteiger partial charge is 0.166 e. The Hall–Kier alpha value is -2.79. The molecule has 0 unspecified atom stereocenters. The van der Waals surface area contributed by atoms with Crippen LogP contribution in [0.4, 0.5) is 0 Å². The fourth-order valence-electron chi connectivity index (χ4n) is 3.41. The third kappa shape index (κ3) is 4.98. The Morgan fingerprint density at radius 3 is 2.31 bits per heavy atom. The molecule has 4 nitrogen and oxygen atoms in total. The van der Waals surface area contributed by atoms with Gasteiger partial charge in [-0.05, 0) is 19.8 Å². The first-order valence-electron chi connectivity index (χ1n) is 10.1. The maximum Gasteiger partial charge on any atom is 0.166 e. The molecule has 0 aliphatic carbocycles. The van der Waals surface area contributed by atoms with E-state index in [1.807, 2.05) is 30.1 Å². The Morgan fingerprint density at radius 2 is 1.62 bits per heavy atom. The van der Waals surface area contributed by atoms with E-state index >= 15 is 0 Å². The standard InChI is InChI=1S/C24H26N4S/c1-19-25-15-17-28(19)16-9-4-10-18-29-24-26-22(20-11-5-2-6-12-20)23(27-24)21-13-7-3-8-14-21/h2-3,5-8,11-15,17H,4,9-10,16,18H2,1H3,(H,26,27). The summed E-state index contributed by atoms with van der Waals surface area (Å²) in [5.41, 5.74) is 4.43. The van der Waals surface area contributed by atoms with Crippen LogP contribution >= 0.6 is 11.8 Å². The number of benzene rings is 2. The summed E-state index contributed by atoms with van der Waals surface area (Å²) in [6.07, 6.45) is 7.50. The van der Waals surface area contributed by atoms with E-state index in [4.69, 9.17) is 4.98 Å². The van der Waals surface area contributed by atoms with Gasteiger partial charge in [-0.25, -0.2) is 9.97 Å². The Labute approximate surface area is 176 Å². The fraction of sp³-hybridized carbons (Fsp3) is 0.250. The van der Waals surface area contributed by atoms with Crippen molar-refractivity contribution in [3.8, 4) is 22.5 Å². The molecule has 148 valence electrons. The molecule has 0 spiro atoms. The molecule has 4 rings (SSSR count). The fourth-order valence-corrected chi connectivity index (χ4v) is 4.28. The monoisotopic (exact) mass is 402 g/mol. The lowest BCUT2D eigenvalue weighted by atomic mass is 10.1. The van der Waals surface area contributed by atoms with Crippen LogP contribution in [0.5, 0.6) is 0 Å². The van der Waals surface area contributed by atoms with Gasteiger partial charge < -0.3 is 9.55 Å². The summed E-state index contributed by atoms with van der Waals surface area (Å²) in [4.78, 5) is 12.8. The molecule has 29 heavy (non-hydrogen) atoms. The van der Waals surface area contributed by atoms with Crippen molar-refractivity contribution in [1.82, 2.24) is 19.5 Å². The van der Waals surface area contributed by atoms with Gasteiger partial charge in [0.15, 0.2) is 5.16 Å². The molecule has 2 aromatic carbocycles. The number of nitrogens with zero attached hydrogens (tertiary/aromatic N) is 3. The van der Waals surface area contributed by atoms with Crippen molar-refractivity contribution in [3.63, 3.8) is 0 Å². The maximum atomic E-state index is 4.92. The number of hydrogen-bond acceptors (Lipinski definition) is 3. The maximum absolute atomic E-state index is 4.92. The van der Waals surface area contributed by atoms with Gasteiger partial charge in [-0.2, -0.15) is 0 Å². The van der Waals surface area contributed by atoms with Gasteiger partial charge in [-0.1, -0.05) is 78.8 Å². The molecule has 0 bridgehead atoms. The molecule has 0 saturated heterocycles. The summed E-state index contributed by atoms with van der Waals surface area (Å²) >= 11 is 1.81. The van der Waals surface area contributed by atoms with E-state index in [0.717, 1.165) is 40.2 Å². The molecule has 1 N–H and O–H groups in total. The third-order valence-corrected chi connectivity index (χ3v) is 5.96. The Kier molecular flexibility index (Phi) is 6.47. The van der Waals surface area contributed by atoms with Crippen LogP contribution in [0.15, 0.2) is 78.2 Å². The summed E-state index contributed by atoms with van der Waals surface area (Å²) in [7, 11) is 0. The lowest BCUT2D eigenvalue weighted by Crippen LogP contribution is -1.99. The van der Waals surface area contributed by atoms with Gasteiger partial charge >= 0.3 is 0 Å². The first-order chi connectivity index (χ1) is 14.3. The van der Waals surface area contributed by atoms with E-state index in [9.17, 15) is 0 Å².